The standard InChI is InChI=1S/C37H40N10O7S/c1-20-9-24(55-42-20)11-27-31(32(38)49)39-12-29(40-27)44-8-2-3-23(16-44)46-19-37(54-36(46)53)17-43(18-37)13-21-14-45(15-21)22-4-5-25-26(10-22)35(52)47(34(25)51)28-6-7-30(48)41-33(28)50/h4-5,9-10,12,21,23,28H,2-3,6-8,11,13-19H2,1H3,(H2,38,49)(H,41,48,50)/t23-,28?/m1/s1. The third-order valence-corrected chi connectivity index (χ3v) is 12.4. The summed E-state index contributed by atoms with van der Waals surface area (Å²) in [4.78, 5) is 95.4. The van der Waals surface area contributed by atoms with Crippen LogP contribution < -0.4 is 20.9 Å². The van der Waals surface area contributed by atoms with E-state index in [4.69, 9.17) is 15.5 Å². The molecular weight excluding hydrogens is 729 g/mol. The first-order valence-corrected chi connectivity index (χ1v) is 19.4. The average Bonchev–Trinajstić information content (AvgIpc) is 3.78. The largest absolute Gasteiger partial charge is 0.438 e. The summed E-state index contributed by atoms with van der Waals surface area (Å²) in [6.07, 6.45) is 3.60. The van der Waals surface area contributed by atoms with Crippen molar-refractivity contribution in [1.29, 1.82) is 0 Å². The molecule has 0 aliphatic carbocycles. The molecule has 2 atom stereocenters. The monoisotopic (exact) mass is 768 g/mol. The zero-order chi connectivity index (χ0) is 38.2. The summed E-state index contributed by atoms with van der Waals surface area (Å²) in [6, 6.07) is 6.12. The Kier molecular flexibility index (Phi) is 8.56. The molecule has 1 spiro atoms. The minimum Gasteiger partial charge on any atom is -0.438 e. The maximum Gasteiger partial charge on any atom is 0.410 e. The minimum atomic E-state index is -0.994. The number of carbonyl (C=O) groups excluding carboxylic acids is 6. The first-order chi connectivity index (χ1) is 26.4. The number of fused-ring (bicyclic) bond motifs is 1. The van der Waals surface area contributed by atoms with Gasteiger partial charge in [-0.2, -0.15) is 4.37 Å². The summed E-state index contributed by atoms with van der Waals surface area (Å²) in [5.41, 5.74) is 8.03. The molecule has 0 radical (unpaired) electrons. The van der Waals surface area contributed by atoms with Gasteiger partial charge in [-0.3, -0.25) is 44.0 Å². The van der Waals surface area contributed by atoms with Crippen molar-refractivity contribution in [3.05, 3.63) is 63.5 Å². The lowest BCUT2D eigenvalue weighted by Crippen LogP contribution is -2.66. The van der Waals surface area contributed by atoms with E-state index in [1.165, 1.54) is 11.5 Å². The van der Waals surface area contributed by atoms with Gasteiger partial charge in [0.1, 0.15) is 17.6 Å². The number of benzene rings is 1. The van der Waals surface area contributed by atoms with Crippen LogP contribution in [0.5, 0.6) is 0 Å². The van der Waals surface area contributed by atoms with Gasteiger partial charge in [0.05, 0.1) is 41.3 Å². The summed E-state index contributed by atoms with van der Waals surface area (Å²) in [5.74, 6) is -1.66. The van der Waals surface area contributed by atoms with Gasteiger partial charge in [-0.05, 0) is 62.0 Å². The molecule has 0 saturated carbocycles. The third kappa shape index (κ3) is 6.35. The summed E-state index contributed by atoms with van der Waals surface area (Å²) in [5, 5.41) is 2.23. The molecule has 3 aromatic rings. The molecule has 6 aliphatic rings. The number of amides is 6. The molecule has 3 N–H and O–H groups in total. The molecule has 8 heterocycles. The van der Waals surface area contributed by atoms with E-state index in [0.717, 1.165) is 60.2 Å². The highest BCUT2D eigenvalue weighted by Gasteiger charge is 2.55. The van der Waals surface area contributed by atoms with Gasteiger partial charge >= 0.3 is 6.09 Å². The second-order valence-corrected chi connectivity index (χ2v) is 16.4. The van der Waals surface area contributed by atoms with Gasteiger partial charge in [-0.1, -0.05) is 0 Å². The van der Waals surface area contributed by atoms with Crippen molar-refractivity contribution in [3.63, 3.8) is 0 Å². The number of ether oxygens (including phenoxy) is 1. The fourth-order valence-electron chi connectivity index (χ4n) is 8.89. The Hall–Kier alpha value is -5.49. The van der Waals surface area contributed by atoms with Crippen LogP contribution in [0.15, 0.2) is 30.5 Å². The van der Waals surface area contributed by atoms with Gasteiger partial charge in [0.2, 0.25) is 11.8 Å². The third-order valence-electron chi connectivity index (χ3n) is 11.5. The predicted octanol–water partition coefficient (Wildman–Crippen LogP) is 0.944. The van der Waals surface area contributed by atoms with E-state index in [2.05, 4.69) is 29.4 Å². The Morgan fingerprint density at radius 2 is 1.82 bits per heavy atom. The molecule has 0 bridgehead atoms. The van der Waals surface area contributed by atoms with Crippen molar-refractivity contribution in [2.45, 2.75) is 56.7 Å². The molecule has 1 aromatic carbocycles. The van der Waals surface area contributed by atoms with E-state index < -0.39 is 41.2 Å². The zero-order valence-corrected chi connectivity index (χ0v) is 31.0. The van der Waals surface area contributed by atoms with Crippen molar-refractivity contribution in [2.75, 3.05) is 62.2 Å². The van der Waals surface area contributed by atoms with Gasteiger partial charge < -0.3 is 20.3 Å². The normalized spacial score (nSPS) is 23.9. The summed E-state index contributed by atoms with van der Waals surface area (Å²) < 4.78 is 10.4. The summed E-state index contributed by atoms with van der Waals surface area (Å²) in [7, 11) is 0. The molecule has 5 saturated heterocycles. The number of anilines is 2. The molecule has 1 unspecified atom stereocenters. The fraction of sp³-hybridized carbons (Fsp3) is 0.486. The van der Waals surface area contributed by atoms with Gasteiger partial charge in [0.15, 0.2) is 5.60 Å². The fourth-order valence-corrected chi connectivity index (χ4v) is 9.63. The molecule has 17 nitrogen and oxygen atoms in total. The Bertz CT molecular complexity index is 2150. The van der Waals surface area contributed by atoms with Crippen LogP contribution in [0.3, 0.4) is 0 Å². The van der Waals surface area contributed by atoms with Crippen LogP contribution in [0.25, 0.3) is 0 Å². The number of carbonyl (C=O) groups is 6. The maximum atomic E-state index is 13.3. The van der Waals surface area contributed by atoms with Crippen LogP contribution in [0.2, 0.25) is 0 Å². The highest BCUT2D eigenvalue weighted by molar-refractivity contribution is 7.05. The van der Waals surface area contributed by atoms with Crippen molar-refractivity contribution in [3.8, 4) is 0 Å². The number of nitrogens with zero attached hydrogens (tertiary/aromatic N) is 8. The van der Waals surface area contributed by atoms with E-state index in [1.807, 2.05) is 24.0 Å². The Morgan fingerprint density at radius 3 is 2.56 bits per heavy atom. The molecule has 6 amide bonds. The number of piperidine rings is 2. The maximum absolute atomic E-state index is 13.3. The van der Waals surface area contributed by atoms with E-state index in [9.17, 15) is 28.8 Å². The molecule has 55 heavy (non-hydrogen) atoms. The molecule has 286 valence electrons. The highest BCUT2D eigenvalue weighted by Crippen LogP contribution is 2.38. The molecule has 5 fully saturated rings. The van der Waals surface area contributed by atoms with Crippen molar-refractivity contribution < 1.29 is 33.5 Å². The van der Waals surface area contributed by atoms with Gasteiger partial charge in [-0.25, -0.2) is 14.8 Å². The quantitative estimate of drug-likeness (QED) is 0.292. The second kappa shape index (κ2) is 13.4. The number of aromatic nitrogens is 3. The summed E-state index contributed by atoms with van der Waals surface area (Å²) >= 11 is 1.36. The van der Waals surface area contributed by atoms with Crippen molar-refractivity contribution in [2.24, 2.45) is 11.7 Å². The smallest absolute Gasteiger partial charge is 0.410 e. The number of nitrogens with one attached hydrogen (secondary N) is 1. The summed E-state index contributed by atoms with van der Waals surface area (Å²) in [6.45, 7) is 7.50. The average molecular weight is 769 g/mol. The van der Waals surface area contributed by atoms with E-state index in [-0.39, 0.29) is 41.8 Å². The van der Waals surface area contributed by atoms with Crippen LogP contribution in [0.4, 0.5) is 16.3 Å². The lowest BCUT2D eigenvalue weighted by atomic mass is 9.89. The van der Waals surface area contributed by atoms with Crippen LogP contribution in [0, 0.1) is 12.8 Å². The lowest BCUT2D eigenvalue weighted by Gasteiger charge is -2.50. The number of aryl methyl sites for hydroxylation is 1. The van der Waals surface area contributed by atoms with Crippen LogP contribution in [-0.2, 0) is 20.7 Å². The van der Waals surface area contributed by atoms with E-state index in [1.54, 1.807) is 18.3 Å². The first-order valence-electron chi connectivity index (χ1n) is 18.6. The Morgan fingerprint density at radius 1 is 1.02 bits per heavy atom. The lowest BCUT2D eigenvalue weighted by molar-refractivity contribution is -0.136. The molecular formula is C37H40N10O7S. The van der Waals surface area contributed by atoms with E-state index >= 15 is 0 Å². The molecule has 6 aliphatic heterocycles. The van der Waals surface area contributed by atoms with Gasteiger partial charge in [0, 0.05) is 75.1 Å². The number of primary amides is 1. The first kappa shape index (κ1) is 35.2. The highest BCUT2D eigenvalue weighted by atomic mass is 32.1. The van der Waals surface area contributed by atoms with Crippen molar-refractivity contribution >= 4 is 58.7 Å². The Balaban J connectivity index is 0.776. The van der Waals surface area contributed by atoms with Crippen LogP contribution in [-0.4, -0.2) is 135 Å². The van der Waals surface area contributed by atoms with Crippen LogP contribution in [0.1, 0.15) is 73.2 Å². The molecule has 2 aromatic heterocycles. The molecule has 18 heteroatoms. The van der Waals surface area contributed by atoms with Crippen molar-refractivity contribution in [1.82, 2.24) is 34.4 Å². The van der Waals surface area contributed by atoms with E-state index in [0.29, 0.717) is 50.0 Å². The predicted molar refractivity (Wildman–Crippen MR) is 197 cm³/mol. The number of likely N-dealkylation sites (tertiary alicyclic amines) is 1. The SMILES string of the molecule is Cc1cc(Cc2nc(N3CCC[C@@H](N4CC5(CN(CC6CN(c7ccc8c(c7)C(=O)N(C7CCC(=O)NC7=O)C8=O)C6)C5)OC4=O)C3)cnc2C(N)=O)sn1. The number of hydrogen-bond acceptors (Lipinski definition) is 14. The topological polar surface area (TPSA) is 205 Å². The van der Waals surface area contributed by atoms with Gasteiger partial charge in [-0.15, -0.1) is 0 Å². The van der Waals surface area contributed by atoms with Gasteiger partial charge in [0.25, 0.3) is 17.7 Å². The zero-order valence-electron chi connectivity index (χ0n) is 30.2. The Labute approximate surface area is 319 Å². The van der Waals surface area contributed by atoms with Crippen LogP contribution >= 0.6 is 11.5 Å². The number of nitrogens with two attached hydrogens (primary N) is 1. The second-order valence-electron chi connectivity index (χ2n) is 15.5. The minimum absolute atomic E-state index is 0.0503. The number of hydrogen-bond donors (Lipinski definition) is 2. The molecule has 9 rings (SSSR count). The number of imide groups is 2. The number of rotatable bonds is 9.